The van der Waals surface area contributed by atoms with Gasteiger partial charge in [-0.2, -0.15) is 23.5 Å². The molecule has 4 aromatic rings. The van der Waals surface area contributed by atoms with Crippen molar-refractivity contribution in [1.82, 2.24) is 0 Å². The van der Waals surface area contributed by atoms with Gasteiger partial charge in [-0.15, -0.1) is 0 Å². The van der Waals surface area contributed by atoms with Crippen molar-refractivity contribution in [3.05, 3.63) is 119 Å². The second kappa shape index (κ2) is 66.2. The molecule has 10 fully saturated rings. The van der Waals surface area contributed by atoms with Crippen LogP contribution in [0.5, 0.6) is 23.0 Å². The van der Waals surface area contributed by atoms with E-state index in [2.05, 4.69) is 259 Å². The molecular weight excluding hydrogens is 1990 g/mol. The highest BCUT2D eigenvalue weighted by molar-refractivity contribution is 9.26. The van der Waals surface area contributed by atoms with Gasteiger partial charge in [0, 0.05) is 121 Å². The van der Waals surface area contributed by atoms with Crippen molar-refractivity contribution < 1.29 is 38.1 Å². The zero-order valence-electron chi connectivity index (χ0n) is 75.4. The molecule has 0 radical (unpaired) electrons. The Labute approximate surface area is 847 Å². The van der Waals surface area contributed by atoms with Gasteiger partial charge in [-0.3, -0.25) is 19.2 Å². The van der Waals surface area contributed by atoms with Crippen LogP contribution in [0.4, 0.5) is 0 Å². The van der Waals surface area contributed by atoms with Crippen molar-refractivity contribution >= 4 is 257 Å². The van der Waals surface area contributed by atoms with E-state index in [4.69, 9.17) is 18.9 Å². The lowest BCUT2D eigenvalue weighted by atomic mass is 10.0. The van der Waals surface area contributed by atoms with Crippen molar-refractivity contribution in [2.75, 3.05) is 5.75 Å². The fraction of sp³-hybridized carbons (Fsp3) is 0.708. The van der Waals surface area contributed by atoms with Crippen molar-refractivity contribution in [2.24, 2.45) is 0 Å². The Morgan fingerprint density at radius 1 is 0.270 bits per heavy atom. The minimum atomic E-state index is -0.166. The molecule has 8 bridgehead atoms. The number of hydrogen-bond donors (Lipinski definition) is 0. The Balaban J connectivity index is 0.000000175. The molecule has 0 spiro atoms. The maximum atomic E-state index is 11.5. The summed E-state index contributed by atoms with van der Waals surface area (Å²) in [5.74, 6) is 3.46. The normalized spacial score (nSPS) is 26.6. The lowest BCUT2D eigenvalue weighted by Gasteiger charge is -2.38. The number of ether oxygens (including phenoxy) is 4. The molecule has 4 aromatic carbocycles. The van der Waals surface area contributed by atoms with E-state index in [0.717, 1.165) is 115 Å². The first-order valence-electron chi connectivity index (χ1n) is 47.5. The fourth-order valence-electron chi connectivity index (χ4n) is 16.5. The van der Waals surface area contributed by atoms with E-state index in [0.29, 0.717) is 48.7 Å². The van der Waals surface area contributed by atoms with Crippen LogP contribution in [-0.2, 0) is 44.9 Å². The first-order chi connectivity index (χ1) is 61.8. The summed E-state index contributed by atoms with van der Waals surface area (Å²) in [5, 5.41) is 14.8. The lowest BCUT2D eigenvalue weighted by molar-refractivity contribution is -0.134. The first-order valence-corrected chi connectivity index (χ1v) is 73.4. The highest BCUT2D eigenvalue weighted by Gasteiger charge is 2.46. The van der Waals surface area contributed by atoms with E-state index in [1.807, 2.05) is 120 Å². The van der Waals surface area contributed by atoms with Gasteiger partial charge in [0.15, 0.2) is 0 Å². The SMILES string of the molecule is CCC(=O)Oc1cccc(CCCCCCCC2SC2CC2SSCC3CC2S3)c1.CCCC1SSSC(CCCCCCCc2cccc(OC(=O)CC)c2)C2CC1SS2.CCCC1SSSC(CCCCCCCc2cccc(OC(=O)CC)c2)C2CC1SSS2.CCCC1SSSSC(CCCCCCCc2cccc(OC(=O)CC)c2)C2CC1SSS2. The van der Waals surface area contributed by atoms with Crippen LogP contribution in [-0.4, -0.2) is 119 Å². The largest absolute Gasteiger partial charge is 0.427 e. The number of esters is 4. The molecule has 10 aliphatic heterocycles. The van der Waals surface area contributed by atoms with Gasteiger partial charge in [0.1, 0.15) is 23.0 Å². The third-order valence-electron chi connectivity index (χ3n) is 23.9. The zero-order chi connectivity index (χ0) is 88.6. The van der Waals surface area contributed by atoms with Crippen molar-refractivity contribution in [3.8, 4) is 23.0 Å². The monoisotopic (exact) mass is 2130 g/mol. The summed E-state index contributed by atoms with van der Waals surface area (Å²) in [6.07, 6.45) is 53.0. The molecule has 10 heterocycles. The third-order valence-corrected chi connectivity index (χ3v) is 62.7. The highest BCUT2D eigenvalue weighted by atomic mass is 33.7. The van der Waals surface area contributed by atoms with Gasteiger partial charge in [-0.05, 0) is 258 Å². The van der Waals surface area contributed by atoms with Gasteiger partial charge >= 0.3 is 23.9 Å². The summed E-state index contributed by atoms with van der Waals surface area (Å²) < 4.78 is 21.3. The minimum absolute atomic E-state index is 0.161. The Kier molecular flexibility index (Phi) is 58.0. The third kappa shape index (κ3) is 42.9. The van der Waals surface area contributed by atoms with Crippen molar-refractivity contribution in [2.45, 2.75) is 414 Å². The molecule has 10 saturated heterocycles. The Morgan fingerprint density at radius 3 is 0.865 bits per heavy atom. The molecule has 0 saturated carbocycles. The molecule has 14 rings (SSSR count). The van der Waals surface area contributed by atoms with Crippen LogP contribution in [0.1, 0.15) is 321 Å². The number of aryl methyl sites for hydroxylation is 4. The summed E-state index contributed by atoms with van der Waals surface area (Å²) in [5.41, 5.74) is 5.09. The Hall–Kier alpha value is 2.46. The average Bonchev–Trinajstić information content (AvgIpc) is 1.61. The zero-order valence-corrected chi connectivity index (χ0v) is 93.4. The molecule has 0 aromatic heterocycles. The van der Waals surface area contributed by atoms with Crippen LogP contribution in [0.25, 0.3) is 0 Å². The predicted octanol–water partition coefficient (Wildman–Crippen LogP) is 36.3. The van der Waals surface area contributed by atoms with Crippen LogP contribution in [0.3, 0.4) is 0 Å². The standard InChI is InChI=1S/C24H36O2S7.C24H36O2S6.C24H36O2S5.C24H34O2S4/c1-3-11-20-22-17-23(30-31-29-22)21(28-33-32-27-20)15-9-7-5-6-8-12-18-13-10-14-19(16-18)26-24(25)4-2;1-3-11-20-22-17-23(30-32-29-22)21(28-31-27-20)15-9-7-5-6-8-12-18-13-10-14-19(16-18)26-24(25)4-2;1-3-11-20-22-17-23(28-27-22)21(30-31-29-20)15-9-7-5-6-8-12-18-13-10-14-19(16-18)26-24(25)4-2;1-2-24(25)26-18-11-8-10-17(13-18)9-6-4-3-5-7-12-20-22(29-20)15-23-21-14-19(28-21)16-27-30-23/h10,13-14,16,20-23H,3-9,11-12,15,17H2,1-2H3;10,13-14,16,20-23H,3-9,11-12,15,17H2,1-2H3;10,13-14,16,20-23H,3-9,11-12,15,17H2,1-2H3;8,10-11,13,19-23H,2-7,9,12,14-16H2,1H3. The van der Waals surface area contributed by atoms with Crippen molar-refractivity contribution in [1.29, 1.82) is 0 Å². The number of carbonyl (C=O) groups excluding carboxylic acids is 4. The molecule has 17 atom stereocenters. The Morgan fingerprint density at radius 2 is 0.548 bits per heavy atom. The van der Waals surface area contributed by atoms with Gasteiger partial charge in [0.05, 0.1) is 0 Å². The maximum Gasteiger partial charge on any atom is 0.310 e. The smallest absolute Gasteiger partial charge is 0.310 e. The van der Waals surface area contributed by atoms with Gasteiger partial charge in [0.25, 0.3) is 0 Å². The predicted molar refractivity (Wildman–Crippen MR) is 599 cm³/mol. The summed E-state index contributed by atoms with van der Waals surface area (Å²) in [7, 11) is 42.6. The van der Waals surface area contributed by atoms with E-state index < -0.39 is 0 Å². The number of benzene rings is 4. The number of carbonyl (C=O) groups is 4. The van der Waals surface area contributed by atoms with E-state index >= 15 is 0 Å². The summed E-state index contributed by atoms with van der Waals surface area (Å²) >= 11 is 4.54. The van der Waals surface area contributed by atoms with Crippen LogP contribution in [0, 0.1) is 0 Å². The van der Waals surface area contributed by atoms with E-state index in [-0.39, 0.29) is 23.9 Å². The molecule has 0 aliphatic carbocycles. The van der Waals surface area contributed by atoms with Crippen LogP contribution >= 0.6 is 234 Å². The number of rotatable bonds is 48. The Bertz CT molecular complexity index is 3680. The number of unbranched alkanes of at least 4 members (excludes halogenated alkanes) is 16. The molecule has 126 heavy (non-hydrogen) atoms. The van der Waals surface area contributed by atoms with Crippen LogP contribution in [0.2, 0.25) is 0 Å². The van der Waals surface area contributed by atoms with Crippen molar-refractivity contribution in [3.63, 3.8) is 0 Å². The quantitative estimate of drug-likeness (QED) is 0.0138. The number of thioether (sulfide) groups is 2. The average molecular weight is 2130 g/mol. The molecule has 0 N–H and O–H groups in total. The molecule has 0 amide bonds. The van der Waals surface area contributed by atoms with Gasteiger partial charge in [0.2, 0.25) is 0 Å². The number of hydrogen-bond acceptors (Lipinski definition) is 30. The second-order valence-corrected chi connectivity index (χ2v) is 66.9. The van der Waals surface area contributed by atoms with E-state index in [1.54, 1.807) is 0 Å². The van der Waals surface area contributed by atoms with Crippen LogP contribution < -0.4 is 18.9 Å². The molecule has 8 nitrogen and oxygen atoms in total. The summed E-state index contributed by atoms with van der Waals surface area (Å²) in [4.78, 5) is 45.8. The first kappa shape index (κ1) is 110. The molecular formula is C96H142O8S22. The number of fused-ring (bicyclic) bond motifs is 9. The fourth-order valence-corrected chi connectivity index (χ4v) is 61.7. The molecule has 17 unspecified atom stereocenters. The molecule has 30 heteroatoms. The molecule has 10 aliphatic rings. The van der Waals surface area contributed by atoms with Gasteiger partial charge in [-0.1, -0.05) is 370 Å². The van der Waals surface area contributed by atoms with E-state index in [1.165, 1.54) is 253 Å². The summed E-state index contributed by atoms with van der Waals surface area (Å²) in [6.45, 7) is 14.3. The molecule has 706 valence electrons. The van der Waals surface area contributed by atoms with Crippen LogP contribution in [0.15, 0.2) is 97.1 Å². The van der Waals surface area contributed by atoms with E-state index in [9.17, 15) is 19.2 Å². The maximum absolute atomic E-state index is 11.5. The summed E-state index contributed by atoms with van der Waals surface area (Å²) in [6, 6.07) is 32.1. The second-order valence-electron chi connectivity index (χ2n) is 34.1. The lowest BCUT2D eigenvalue weighted by Crippen LogP contribution is -2.34. The minimum Gasteiger partial charge on any atom is -0.427 e. The van der Waals surface area contributed by atoms with Gasteiger partial charge < -0.3 is 18.9 Å². The highest BCUT2D eigenvalue weighted by Crippen LogP contribution is 2.64. The topological polar surface area (TPSA) is 105 Å². The van der Waals surface area contributed by atoms with Gasteiger partial charge in [-0.25, -0.2) is 0 Å².